The van der Waals surface area contributed by atoms with Gasteiger partial charge in [0.15, 0.2) is 0 Å². The van der Waals surface area contributed by atoms with Crippen LogP contribution < -0.4 is 10.1 Å². The number of ether oxygens (including phenoxy) is 1. The van der Waals surface area contributed by atoms with Gasteiger partial charge >= 0.3 is 0 Å². The van der Waals surface area contributed by atoms with Gasteiger partial charge in [0.1, 0.15) is 5.75 Å². The molecule has 1 aliphatic carbocycles. The molecule has 1 atom stereocenters. The zero-order valence-corrected chi connectivity index (χ0v) is 11.8. The molecular formula is C16H24N2O. The monoisotopic (exact) mass is 260 g/mol. The molecule has 1 aromatic rings. The fourth-order valence-corrected chi connectivity index (χ4v) is 3.38. The number of fused-ring (bicyclic) bond motifs is 1. The van der Waals surface area contributed by atoms with Gasteiger partial charge in [0.25, 0.3) is 0 Å². The number of rotatable bonds is 2. The highest BCUT2D eigenvalue weighted by atomic mass is 16.5. The maximum absolute atomic E-state index is 5.36. The van der Waals surface area contributed by atoms with Crippen LogP contribution in [0.2, 0.25) is 0 Å². The first kappa shape index (κ1) is 12.9. The van der Waals surface area contributed by atoms with Crippen LogP contribution in [0.3, 0.4) is 0 Å². The van der Waals surface area contributed by atoms with Gasteiger partial charge in [-0.3, -0.25) is 4.90 Å². The van der Waals surface area contributed by atoms with Crippen LogP contribution in [-0.4, -0.2) is 44.2 Å². The lowest BCUT2D eigenvalue weighted by molar-refractivity contribution is 0.191. The van der Waals surface area contributed by atoms with Crippen molar-refractivity contribution in [1.82, 2.24) is 10.2 Å². The number of hydrogen-bond donors (Lipinski definition) is 1. The second-order valence-corrected chi connectivity index (χ2v) is 5.67. The first-order valence-electron chi connectivity index (χ1n) is 7.47. The topological polar surface area (TPSA) is 24.5 Å². The normalized spacial score (nSPS) is 24.6. The molecule has 2 aliphatic rings. The summed E-state index contributed by atoms with van der Waals surface area (Å²) < 4.78 is 5.36. The molecule has 1 aliphatic heterocycles. The Morgan fingerprint density at radius 3 is 3.05 bits per heavy atom. The Labute approximate surface area is 115 Å². The zero-order chi connectivity index (χ0) is 13.1. The summed E-state index contributed by atoms with van der Waals surface area (Å²) in [5.41, 5.74) is 3.01. The van der Waals surface area contributed by atoms with Crippen LogP contribution in [0.5, 0.6) is 5.75 Å². The Morgan fingerprint density at radius 1 is 1.21 bits per heavy atom. The van der Waals surface area contributed by atoms with Crippen molar-refractivity contribution in [2.45, 2.75) is 31.7 Å². The van der Waals surface area contributed by atoms with E-state index >= 15 is 0 Å². The van der Waals surface area contributed by atoms with Gasteiger partial charge in [-0.2, -0.15) is 0 Å². The lowest BCUT2D eigenvalue weighted by atomic mass is 9.87. The fourth-order valence-electron chi connectivity index (χ4n) is 3.38. The van der Waals surface area contributed by atoms with E-state index in [1.807, 2.05) is 0 Å². The Morgan fingerprint density at radius 2 is 2.16 bits per heavy atom. The standard InChI is InChI=1S/C16H24N2O/c1-19-16-6-4-13-3-5-15(11-14(13)12-16)18-9-2-7-17-8-10-18/h4,6,12,15,17H,2-3,5,7-11H2,1H3/t15-/m1/s1. The van der Waals surface area contributed by atoms with E-state index in [1.54, 1.807) is 7.11 Å². The number of aryl methyl sites for hydroxylation is 1. The molecule has 19 heavy (non-hydrogen) atoms. The summed E-state index contributed by atoms with van der Waals surface area (Å²) in [7, 11) is 1.75. The van der Waals surface area contributed by atoms with Crippen molar-refractivity contribution in [2.75, 3.05) is 33.3 Å². The van der Waals surface area contributed by atoms with Crippen molar-refractivity contribution >= 4 is 0 Å². The summed E-state index contributed by atoms with van der Waals surface area (Å²) in [6.07, 6.45) is 4.99. The molecule has 1 aromatic carbocycles. The zero-order valence-electron chi connectivity index (χ0n) is 11.8. The third-order valence-electron chi connectivity index (χ3n) is 4.51. The largest absolute Gasteiger partial charge is 0.497 e. The molecule has 0 unspecified atom stereocenters. The summed E-state index contributed by atoms with van der Waals surface area (Å²) in [5.74, 6) is 0.997. The predicted molar refractivity (Wildman–Crippen MR) is 77.9 cm³/mol. The van der Waals surface area contributed by atoms with E-state index in [-0.39, 0.29) is 0 Å². The average Bonchev–Trinajstić information content (AvgIpc) is 2.75. The van der Waals surface area contributed by atoms with Crippen molar-refractivity contribution in [2.24, 2.45) is 0 Å². The van der Waals surface area contributed by atoms with Crippen LogP contribution in [0.4, 0.5) is 0 Å². The molecule has 1 N–H and O–H groups in total. The van der Waals surface area contributed by atoms with Crippen molar-refractivity contribution in [3.8, 4) is 5.75 Å². The summed E-state index contributed by atoms with van der Waals surface area (Å²) in [4.78, 5) is 2.68. The van der Waals surface area contributed by atoms with Crippen molar-refractivity contribution in [3.05, 3.63) is 29.3 Å². The van der Waals surface area contributed by atoms with Crippen LogP contribution in [0.25, 0.3) is 0 Å². The number of methoxy groups -OCH3 is 1. The van der Waals surface area contributed by atoms with Crippen molar-refractivity contribution in [1.29, 1.82) is 0 Å². The molecule has 3 nitrogen and oxygen atoms in total. The molecule has 104 valence electrons. The van der Waals surface area contributed by atoms with Gasteiger partial charge in [-0.25, -0.2) is 0 Å². The summed E-state index contributed by atoms with van der Waals surface area (Å²) in [5, 5.41) is 3.49. The van der Waals surface area contributed by atoms with Gasteiger partial charge in [0, 0.05) is 19.1 Å². The van der Waals surface area contributed by atoms with Gasteiger partial charge in [0.05, 0.1) is 7.11 Å². The Bertz CT molecular complexity index is 425. The quantitative estimate of drug-likeness (QED) is 0.878. The first-order chi connectivity index (χ1) is 9.36. The molecule has 0 aromatic heterocycles. The Balaban J connectivity index is 1.73. The van der Waals surface area contributed by atoms with E-state index in [0.717, 1.165) is 18.3 Å². The fraction of sp³-hybridized carbons (Fsp3) is 0.625. The Kier molecular flexibility index (Phi) is 4.04. The molecular weight excluding hydrogens is 236 g/mol. The highest BCUT2D eigenvalue weighted by Gasteiger charge is 2.24. The minimum absolute atomic E-state index is 0.722. The first-order valence-corrected chi connectivity index (χ1v) is 7.47. The lowest BCUT2D eigenvalue weighted by Crippen LogP contribution is -2.41. The van der Waals surface area contributed by atoms with E-state index in [2.05, 4.69) is 28.4 Å². The summed E-state index contributed by atoms with van der Waals surface area (Å²) >= 11 is 0. The molecule has 0 bridgehead atoms. The molecule has 0 spiro atoms. The van der Waals surface area contributed by atoms with Gasteiger partial charge in [-0.15, -0.1) is 0 Å². The number of nitrogens with zero attached hydrogens (tertiary/aromatic N) is 1. The van der Waals surface area contributed by atoms with E-state index in [4.69, 9.17) is 4.74 Å². The SMILES string of the molecule is COc1ccc2c(c1)C[C@H](N1CCCNCC1)CC2. The van der Waals surface area contributed by atoms with Gasteiger partial charge in [0.2, 0.25) is 0 Å². The third kappa shape index (κ3) is 2.93. The average molecular weight is 260 g/mol. The molecule has 3 rings (SSSR count). The molecule has 1 fully saturated rings. The van der Waals surface area contributed by atoms with Crippen LogP contribution in [0.15, 0.2) is 18.2 Å². The van der Waals surface area contributed by atoms with E-state index < -0.39 is 0 Å². The highest BCUT2D eigenvalue weighted by molar-refractivity contribution is 5.37. The van der Waals surface area contributed by atoms with E-state index in [1.165, 1.54) is 56.4 Å². The third-order valence-corrected chi connectivity index (χ3v) is 4.51. The Hall–Kier alpha value is -1.06. The summed E-state index contributed by atoms with van der Waals surface area (Å²) in [6.45, 7) is 4.76. The van der Waals surface area contributed by atoms with E-state index in [9.17, 15) is 0 Å². The number of hydrogen-bond acceptors (Lipinski definition) is 3. The van der Waals surface area contributed by atoms with Crippen LogP contribution >= 0.6 is 0 Å². The number of nitrogens with one attached hydrogen (secondary N) is 1. The highest BCUT2D eigenvalue weighted by Crippen LogP contribution is 2.28. The minimum atomic E-state index is 0.722. The van der Waals surface area contributed by atoms with Crippen LogP contribution in [-0.2, 0) is 12.8 Å². The minimum Gasteiger partial charge on any atom is -0.497 e. The second kappa shape index (κ2) is 5.93. The lowest BCUT2D eigenvalue weighted by Gasteiger charge is -2.34. The summed E-state index contributed by atoms with van der Waals surface area (Å²) in [6, 6.07) is 7.29. The molecule has 0 radical (unpaired) electrons. The maximum Gasteiger partial charge on any atom is 0.119 e. The van der Waals surface area contributed by atoms with Gasteiger partial charge in [-0.1, -0.05) is 6.07 Å². The second-order valence-electron chi connectivity index (χ2n) is 5.67. The molecule has 0 saturated carbocycles. The van der Waals surface area contributed by atoms with Crippen LogP contribution in [0.1, 0.15) is 24.0 Å². The number of benzene rings is 1. The molecule has 3 heteroatoms. The van der Waals surface area contributed by atoms with Crippen molar-refractivity contribution in [3.63, 3.8) is 0 Å². The van der Waals surface area contributed by atoms with Crippen LogP contribution in [0, 0.1) is 0 Å². The smallest absolute Gasteiger partial charge is 0.119 e. The molecule has 1 heterocycles. The molecule has 1 saturated heterocycles. The van der Waals surface area contributed by atoms with E-state index in [0.29, 0.717) is 0 Å². The van der Waals surface area contributed by atoms with Gasteiger partial charge < -0.3 is 10.1 Å². The molecule has 0 amide bonds. The maximum atomic E-state index is 5.36. The van der Waals surface area contributed by atoms with Crippen molar-refractivity contribution < 1.29 is 4.74 Å². The predicted octanol–water partition coefficient (Wildman–Crippen LogP) is 1.85. The van der Waals surface area contributed by atoms with Gasteiger partial charge in [-0.05, 0) is 62.0 Å².